The molecule has 14 nitrogen and oxygen atoms in total. The van der Waals surface area contributed by atoms with E-state index < -0.39 is 54.7 Å². The summed E-state index contributed by atoms with van der Waals surface area (Å²) >= 11 is 0. The number of hydrogen-bond acceptors (Lipinski definition) is 10. The molecule has 0 fully saturated rings. The minimum atomic E-state index is -1.18. The lowest BCUT2D eigenvalue weighted by molar-refractivity contribution is -0.141. The molecule has 0 aromatic carbocycles. The van der Waals surface area contributed by atoms with E-state index in [4.69, 9.17) is 47.8 Å². The Labute approximate surface area is 149 Å². The van der Waals surface area contributed by atoms with Gasteiger partial charge in [-0.15, -0.1) is 0 Å². The first-order chi connectivity index (χ1) is 11.6. The topological polar surface area (TPSA) is 294 Å². The summed E-state index contributed by atoms with van der Waals surface area (Å²) in [6.45, 7) is 1.97. The first-order valence-corrected chi connectivity index (χ1v) is 6.81. The molecule has 0 saturated carbocycles. The molecular formula is C12H28N4O10. The van der Waals surface area contributed by atoms with Gasteiger partial charge in [-0.05, 0) is 13.8 Å². The summed E-state index contributed by atoms with van der Waals surface area (Å²) in [5.74, 6) is -4.29. The van der Waals surface area contributed by atoms with Crippen LogP contribution < -0.4 is 22.9 Å². The molecular weight excluding hydrogens is 360 g/mol. The highest BCUT2D eigenvalue weighted by Gasteiger charge is 2.16. The van der Waals surface area contributed by atoms with E-state index in [1.165, 1.54) is 13.8 Å². The number of aliphatic carboxylic acids is 4. The zero-order chi connectivity index (χ0) is 22.0. The third-order valence-electron chi connectivity index (χ3n) is 1.88. The van der Waals surface area contributed by atoms with Crippen LogP contribution in [-0.4, -0.2) is 91.9 Å². The van der Waals surface area contributed by atoms with Crippen molar-refractivity contribution in [1.29, 1.82) is 0 Å². The van der Waals surface area contributed by atoms with Gasteiger partial charge in [0, 0.05) is 0 Å². The van der Waals surface area contributed by atoms with Crippen molar-refractivity contribution in [3.05, 3.63) is 0 Å². The molecule has 156 valence electrons. The van der Waals surface area contributed by atoms with Crippen molar-refractivity contribution in [1.82, 2.24) is 0 Å². The number of carboxylic acid groups (broad SMARTS) is 4. The third-order valence-corrected chi connectivity index (χ3v) is 1.88. The molecule has 4 unspecified atom stereocenters. The predicted molar refractivity (Wildman–Crippen MR) is 88.0 cm³/mol. The second-order valence-corrected chi connectivity index (χ2v) is 4.46. The van der Waals surface area contributed by atoms with Crippen molar-refractivity contribution in [2.24, 2.45) is 22.9 Å². The van der Waals surface area contributed by atoms with Crippen molar-refractivity contribution in [2.45, 2.75) is 38.1 Å². The molecule has 0 aromatic rings. The lowest BCUT2D eigenvalue weighted by Crippen LogP contribution is -2.39. The fourth-order valence-corrected chi connectivity index (χ4v) is 0.284. The molecule has 26 heavy (non-hydrogen) atoms. The number of nitrogens with two attached hydrogens (primary N) is 4. The van der Waals surface area contributed by atoms with E-state index >= 15 is 0 Å². The van der Waals surface area contributed by atoms with E-state index in [0.29, 0.717) is 0 Å². The van der Waals surface area contributed by atoms with Crippen LogP contribution in [0, 0.1) is 0 Å². The van der Waals surface area contributed by atoms with Crippen LogP contribution in [0.25, 0.3) is 0 Å². The molecule has 0 amide bonds. The Morgan fingerprint density at radius 2 is 1.15 bits per heavy atom. The van der Waals surface area contributed by atoms with Crippen LogP contribution >= 0.6 is 0 Å². The van der Waals surface area contributed by atoms with Crippen LogP contribution in [0.3, 0.4) is 0 Å². The monoisotopic (exact) mass is 388 g/mol. The summed E-state index contributed by atoms with van der Waals surface area (Å²) in [6.07, 6.45) is -0.979. The summed E-state index contributed by atoms with van der Waals surface area (Å²) in [5.41, 5.74) is 19.1. The van der Waals surface area contributed by atoms with Crippen LogP contribution in [0.5, 0.6) is 0 Å². The minimum absolute atomic E-state index is 0.278. The van der Waals surface area contributed by atoms with E-state index in [2.05, 4.69) is 5.73 Å². The maximum absolute atomic E-state index is 9.86. The van der Waals surface area contributed by atoms with E-state index in [1.807, 2.05) is 0 Å². The third kappa shape index (κ3) is 29.6. The molecule has 0 rings (SSSR count). The van der Waals surface area contributed by atoms with Gasteiger partial charge in [-0.25, -0.2) is 0 Å². The van der Waals surface area contributed by atoms with Gasteiger partial charge in [0.15, 0.2) is 0 Å². The average molecular weight is 388 g/mol. The summed E-state index contributed by atoms with van der Waals surface area (Å²) in [4.78, 5) is 38.3. The largest absolute Gasteiger partial charge is 0.480 e. The second-order valence-electron chi connectivity index (χ2n) is 4.46. The molecule has 0 spiro atoms. The van der Waals surface area contributed by atoms with Crippen molar-refractivity contribution in [3.8, 4) is 0 Å². The zero-order valence-electron chi connectivity index (χ0n) is 14.3. The number of aliphatic hydroxyl groups is 2. The Balaban J connectivity index is -0.000000126. The normalized spacial score (nSPS) is 13.5. The van der Waals surface area contributed by atoms with Gasteiger partial charge in [0.25, 0.3) is 0 Å². The molecule has 0 aliphatic rings. The van der Waals surface area contributed by atoms with Gasteiger partial charge in [0.1, 0.15) is 18.1 Å². The molecule has 0 aliphatic carbocycles. The van der Waals surface area contributed by atoms with Crippen LogP contribution in [0.2, 0.25) is 0 Å². The van der Waals surface area contributed by atoms with Crippen molar-refractivity contribution in [2.75, 3.05) is 13.2 Å². The van der Waals surface area contributed by atoms with E-state index in [9.17, 15) is 19.2 Å². The second kappa shape index (κ2) is 19.0. The lowest BCUT2D eigenvalue weighted by atomic mass is 10.2. The van der Waals surface area contributed by atoms with Gasteiger partial charge < -0.3 is 53.6 Å². The maximum atomic E-state index is 9.86. The van der Waals surface area contributed by atoms with Gasteiger partial charge in [-0.2, -0.15) is 0 Å². The smallest absolute Gasteiger partial charge is 0.323 e. The van der Waals surface area contributed by atoms with Gasteiger partial charge in [-0.3, -0.25) is 19.2 Å². The highest BCUT2D eigenvalue weighted by Crippen LogP contribution is 1.85. The predicted octanol–water partition coefficient (Wildman–Crippen LogP) is -4.38. The molecule has 0 bridgehead atoms. The standard InChI is InChI=1S/C4H9NO3.C3H7NO3.C3H7NO2.C2H5NO2/c1-2(6)3(5)4(7)8;4-2(1-5)3(6)7;1-2(4)3(5)6;3-1-2(4)5/h2-3,6H,5H2,1H3,(H,7,8);2,5H,1,4H2,(H,6,7);2H,4H2,1H3,(H,5,6);1,3H2,(H,4,5). The fraction of sp³-hybridized carbons (Fsp3) is 0.667. The SMILES string of the molecule is CC(N)C(=O)O.CC(O)C(N)C(=O)O.NC(CO)C(=O)O.NCC(=O)O. The van der Waals surface area contributed by atoms with Gasteiger partial charge in [0.05, 0.1) is 19.3 Å². The molecule has 4 atom stereocenters. The molecule has 14 N–H and O–H groups in total. The average Bonchev–Trinajstić information content (AvgIpc) is 2.54. The van der Waals surface area contributed by atoms with Crippen LogP contribution in [0.4, 0.5) is 0 Å². The van der Waals surface area contributed by atoms with Crippen LogP contribution in [0.15, 0.2) is 0 Å². The van der Waals surface area contributed by atoms with Gasteiger partial charge in [-0.1, -0.05) is 0 Å². The van der Waals surface area contributed by atoms with E-state index in [0.717, 1.165) is 0 Å². The molecule has 14 heteroatoms. The van der Waals surface area contributed by atoms with Crippen molar-refractivity contribution >= 4 is 23.9 Å². The Morgan fingerprint density at radius 1 is 0.846 bits per heavy atom. The maximum Gasteiger partial charge on any atom is 0.323 e. The Kier molecular flexibility index (Phi) is 22.9. The Hall–Kier alpha value is -2.36. The zero-order valence-corrected chi connectivity index (χ0v) is 14.3. The van der Waals surface area contributed by atoms with Crippen molar-refractivity contribution in [3.63, 3.8) is 0 Å². The first kappa shape index (κ1) is 31.4. The van der Waals surface area contributed by atoms with E-state index in [-0.39, 0.29) is 6.54 Å². The van der Waals surface area contributed by atoms with Crippen molar-refractivity contribution < 1.29 is 49.8 Å². The fourth-order valence-electron chi connectivity index (χ4n) is 0.284. The first-order valence-electron chi connectivity index (χ1n) is 6.81. The Bertz CT molecular complexity index is 417. The number of aliphatic hydroxyl groups excluding tert-OH is 2. The molecule has 0 radical (unpaired) electrons. The Morgan fingerprint density at radius 3 is 1.15 bits per heavy atom. The summed E-state index contributed by atoms with van der Waals surface area (Å²) in [7, 11) is 0. The quantitative estimate of drug-likeness (QED) is 0.205. The number of rotatable bonds is 6. The van der Waals surface area contributed by atoms with Gasteiger partial charge >= 0.3 is 23.9 Å². The lowest BCUT2D eigenvalue weighted by Gasteiger charge is -2.06. The number of carbonyl (C=O) groups is 4. The highest BCUT2D eigenvalue weighted by molar-refractivity contribution is 5.74. The van der Waals surface area contributed by atoms with Crippen LogP contribution in [0.1, 0.15) is 13.8 Å². The molecule has 0 aromatic heterocycles. The number of hydrogen-bond donors (Lipinski definition) is 10. The van der Waals surface area contributed by atoms with Gasteiger partial charge in [0.2, 0.25) is 0 Å². The highest BCUT2D eigenvalue weighted by atomic mass is 16.4. The number of carboxylic acids is 4. The molecule has 0 heterocycles. The van der Waals surface area contributed by atoms with Crippen LogP contribution in [-0.2, 0) is 19.2 Å². The van der Waals surface area contributed by atoms with E-state index in [1.54, 1.807) is 0 Å². The molecule has 0 saturated heterocycles. The summed E-state index contributed by atoms with van der Waals surface area (Å²) in [5, 5.41) is 47.9. The summed E-state index contributed by atoms with van der Waals surface area (Å²) < 4.78 is 0. The summed E-state index contributed by atoms with van der Waals surface area (Å²) in [6, 6.07) is -3.01. The minimum Gasteiger partial charge on any atom is -0.480 e. The molecule has 0 aliphatic heterocycles.